The van der Waals surface area contributed by atoms with Crippen LogP contribution in [0.4, 0.5) is 0 Å². The van der Waals surface area contributed by atoms with E-state index in [2.05, 4.69) is 18.4 Å². The molecule has 1 N–H and O–H groups in total. The Morgan fingerprint density at radius 2 is 2.06 bits per heavy atom. The number of piperazine rings is 1. The van der Waals surface area contributed by atoms with Crippen molar-refractivity contribution in [2.45, 2.75) is 57.2 Å². The van der Waals surface area contributed by atoms with Gasteiger partial charge in [-0.05, 0) is 38.3 Å². The van der Waals surface area contributed by atoms with E-state index >= 15 is 0 Å². The van der Waals surface area contributed by atoms with Gasteiger partial charge >= 0.3 is 0 Å². The Morgan fingerprint density at radius 1 is 1.39 bits per heavy atom. The Hall–Kier alpha value is -1.03. The van der Waals surface area contributed by atoms with E-state index in [1.165, 1.54) is 0 Å². The van der Waals surface area contributed by atoms with E-state index in [0.29, 0.717) is 18.6 Å². The molecule has 2 fully saturated rings. The number of amides is 1. The summed E-state index contributed by atoms with van der Waals surface area (Å²) in [5.41, 5.74) is 0. The fourth-order valence-electron chi connectivity index (χ4n) is 3.19. The Labute approximate surface area is 109 Å². The fourth-order valence-corrected chi connectivity index (χ4v) is 3.19. The molecule has 1 saturated heterocycles. The second-order valence-corrected chi connectivity index (χ2v) is 5.44. The van der Waals surface area contributed by atoms with Crippen molar-refractivity contribution in [3.63, 3.8) is 0 Å². The Morgan fingerprint density at radius 3 is 2.61 bits per heavy atom. The molecular weight excluding hydrogens is 228 g/mol. The van der Waals surface area contributed by atoms with Crippen LogP contribution in [0.1, 0.15) is 39.0 Å². The number of aliphatic hydroxyl groups is 1. The van der Waals surface area contributed by atoms with E-state index in [1.54, 1.807) is 6.20 Å². The van der Waals surface area contributed by atoms with Crippen molar-refractivity contribution in [1.29, 1.82) is 0 Å². The maximum Gasteiger partial charge on any atom is 0.242 e. The molecule has 0 radical (unpaired) electrons. The van der Waals surface area contributed by atoms with E-state index in [1.807, 2.05) is 4.90 Å². The smallest absolute Gasteiger partial charge is 0.242 e. The highest BCUT2D eigenvalue weighted by atomic mass is 16.3. The zero-order valence-corrected chi connectivity index (χ0v) is 11.2. The van der Waals surface area contributed by atoms with Crippen LogP contribution in [0.2, 0.25) is 0 Å². The molecule has 1 aliphatic carbocycles. The molecule has 2 aliphatic rings. The summed E-state index contributed by atoms with van der Waals surface area (Å²) >= 11 is 0. The molecule has 1 heterocycles. The lowest BCUT2D eigenvalue weighted by atomic mass is 9.90. The van der Waals surface area contributed by atoms with Crippen LogP contribution in [0, 0.1) is 0 Å². The second-order valence-electron chi connectivity index (χ2n) is 5.44. The number of hydrogen-bond acceptors (Lipinski definition) is 3. The molecule has 0 bridgehead atoms. The van der Waals surface area contributed by atoms with Gasteiger partial charge in [-0.2, -0.15) is 0 Å². The minimum Gasteiger partial charge on any atom is -0.393 e. The summed E-state index contributed by atoms with van der Waals surface area (Å²) in [5.74, 6) is 0.217. The molecule has 0 aromatic carbocycles. The molecule has 0 aromatic rings. The number of carbonyl (C=O) groups is 1. The SMILES string of the molecule is C=CN1CC(=O)N(C2CCC(O)CC2)C(CC)C1. The van der Waals surface area contributed by atoms with E-state index in [-0.39, 0.29) is 12.0 Å². The monoisotopic (exact) mass is 252 g/mol. The van der Waals surface area contributed by atoms with E-state index in [4.69, 9.17) is 0 Å². The Bertz CT molecular complexity index is 311. The number of hydrogen-bond donors (Lipinski definition) is 1. The van der Waals surface area contributed by atoms with Crippen LogP contribution >= 0.6 is 0 Å². The molecule has 1 amide bonds. The van der Waals surface area contributed by atoms with Gasteiger partial charge in [0, 0.05) is 18.6 Å². The van der Waals surface area contributed by atoms with E-state index < -0.39 is 0 Å². The third kappa shape index (κ3) is 2.69. The van der Waals surface area contributed by atoms with Gasteiger partial charge in [0.1, 0.15) is 0 Å². The minimum absolute atomic E-state index is 0.161. The summed E-state index contributed by atoms with van der Waals surface area (Å²) in [4.78, 5) is 16.4. The van der Waals surface area contributed by atoms with Gasteiger partial charge in [0.25, 0.3) is 0 Å². The first-order valence-corrected chi connectivity index (χ1v) is 7.01. The van der Waals surface area contributed by atoms with Crippen molar-refractivity contribution in [2.75, 3.05) is 13.1 Å². The van der Waals surface area contributed by atoms with E-state index in [0.717, 1.165) is 38.6 Å². The maximum atomic E-state index is 12.3. The van der Waals surface area contributed by atoms with Crippen molar-refractivity contribution < 1.29 is 9.90 Å². The summed E-state index contributed by atoms with van der Waals surface area (Å²) in [7, 11) is 0. The van der Waals surface area contributed by atoms with Crippen LogP contribution in [0.5, 0.6) is 0 Å². The molecule has 0 spiro atoms. The van der Waals surface area contributed by atoms with Crippen molar-refractivity contribution in [3.8, 4) is 0 Å². The number of aliphatic hydroxyl groups excluding tert-OH is 1. The Kier molecular flexibility index (Phi) is 4.27. The molecule has 1 atom stereocenters. The van der Waals surface area contributed by atoms with Crippen molar-refractivity contribution in [1.82, 2.24) is 9.80 Å². The molecule has 1 aliphatic heterocycles. The van der Waals surface area contributed by atoms with Gasteiger partial charge in [-0.3, -0.25) is 4.79 Å². The quantitative estimate of drug-likeness (QED) is 0.824. The zero-order valence-electron chi connectivity index (χ0n) is 11.2. The minimum atomic E-state index is -0.161. The van der Waals surface area contributed by atoms with Gasteiger partial charge in [0.2, 0.25) is 5.91 Å². The first-order valence-electron chi connectivity index (χ1n) is 7.01. The highest BCUT2D eigenvalue weighted by Crippen LogP contribution is 2.27. The second kappa shape index (κ2) is 5.74. The molecule has 2 rings (SSSR count). The van der Waals surface area contributed by atoms with Crippen LogP contribution in [-0.4, -0.2) is 52.1 Å². The summed E-state index contributed by atoms with van der Waals surface area (Å²) in [6, 6.07) is 0.627. The zero-order chi connectivity index (χ0) is 13.1. The first-order chi connectivity index (χ1) is 8.65. The molecule has 4 nitrogen and oxygen atoms in total. The third-order valence-electron chi connectivity index (χ3n) is 4.25. The molecule has 102 valence electrons. The number of carbonyl (C=O) groups excluding carboxylic acids is 1. The lowest BCUT2D eigenvalue weighted by Crippen LogP contribution is -2.58. The average molecular weight is 252 g/mol. The number of nitrogens with zero attached hydrogens (tertiary/aromatic N) is 2. The van der Waals surface area contributed by atoms with Gasteiger partial charge in [0.15, 0.2) is 0 Å². The molecule has 1 saturated carbocycles. The summed E-state index contributed by atoms with van der Waals surface area (Å²) in [5, 5.41) is 9.57. The predicted octanol–water partition coefficient (Wildman–Crippen LogP) is 1.36. The molecule has 0 aromatic heterocycles. The van der Waals surface area contributed by atoms with Crippen molar-refractivity contribution in [2.24, 2.45) is 0 Å². The summed E-state index contributed by atoms with van der Waals surface area (Å²) in [6.45, 7) is 7.24. The highest BCUT2D eigenvalue weighted by molar-refractivity contribution is 5.80. The van der Waals surface area contributed by atoms with Crippen molar-refractivity contribution in [3.05, 3.63) is 12.8 Å². The van der Waals surface area contributed by atoms with Crippen LogP contribution in [0.3, 0.4) is 0 Å². The van der Waals surface area contributed by atoms with Gasteiger partial charge < -0.3 is 14.9 Å². The van der Waals surface area contributed by atoms with Gasteiger partial charge in [-0.15, -0.1) is 0 Å². The van der Waals surface area contributed by atoms with E-state index in [9.17, 15) is 9.90 Å². The molecule has 4 heteroatoms. The highest BCUT2D eigenvalue weighted by Gasteiger charge is 2.36. The van der Waals surface area contributed by atoms with Gasteiger partial charge in [-0.1, -0.05) is 13.5 Å². The summed E-state index contributed by atoms with van der Waals surface area (Å²) < 4.78 is 0. The van der Waals surface area contributed by atoms with Crippen LogP contribution in [0.15, 0.2) is 12.8 Å². The predicted molar refractivity (Wildman–Crippen MR) is 71.0 cm³/mol. The van der Waals surface area contributed by atoms with Crippen LogP contribution in [-0.2, 0) is 4.79 Å². The molecule has 1 unspecified atom stereocenters. The molecular formula is C14H24N2O2. The van der Waals surface area contributed by atoms with Crippen molar-refractivity contribution >= 4 is 5.91 Å². The largest absolute Gasteiger partial charge is 0.393 e. The standard InChI is InChI=1S/C14H24N2O2/c1-3-11-9-15(4-2)10-14(18)16(11)12-5-7-13(17)8-6-12/h4,11-13,17H,2-3,5-10H2,1H3. The average Bonchev–Trinajstić information content (AvgIpc) is 2.39. The van der Waals surface area contributed by atoms with Gasteiger partial charge in [-0.25, -0.2) is 0 Å². The lowest BCUT2D eigenvalue weighted by Gasteiger charge is -2.46. The lowest BCUT2D eigenvalue weighted by molar-refractivity contribution is -0.143. The normalized spacial score (nSPS) is 33.7. The van der Waals surface area contributed by atoms with Crippen LogP contribution < -0.4 is 0 Å². The van der Waals surface area contributed by atoms with Crippen LogP contribution in [0.25, 0.3) is 0 Å². The Balaban J connectivity index is 2.05. The number of rotatable bonds is 3. The first kappa shape index (κ1) is 13.4. The summed E-state index contributed by atoms with van der Waals surface area (Å²) in [6.07, 6.45) is 6.13. The topological polar surface area (TPSA) is 43.8 Å². The van der Waals surface area contributed by atoms with Gasteiger partial charge in [0.05, 0.1) is 12.6 Å². The third-order valence-corrected chi connectivity index (χ3v) is 4.25. The molecule has 18 heavy (non-hydrogen) atoms. The fraction of sp³-hybridized carbons (Fsp3) is 0.786. The maximum absolute atomic E-state index is 12.3.